The van der Waals surface area contributed by atoms with E-state index in [0.29, 0.717) is 12.2 Å². The summed E-state index contributed by atoms with van der Waals surface area (Å²) in [6, 6.07) is 9.68. The smallest absolute Gasteiger partial charge is 0.293 e. The summed E-state index contributed by atoms with van der Waals surface area (Å²) >= 11 is 0. The molecule has 0 unspecified atom stereocenters. The third-order valence-electron chi connectivity index (χ3n) is 3.09. The van der Waals surface area contributed by atoms with Crippen LogP contribution in [-0.4, -0.2) is 38.8 Å². The van der Waals surface area contributed by atoms with Crippen LogP contribution in [0.5, 0.6) is 0 Å². The maximum absolute atomic E-state index is 11.8. The zero-order valence-corrected chi connectivity index (χ0v) is 10.9. The fraction of sp³-hybridized carbons (Fsp3) is 0.357. The molecule has 5 heteroatoms. The maximum Gasteiger partial charge on any atom is 0.293 e. The molecule has 1 heterocycles. The van der Waals surface area contributed by atoms with Crippen LogP contribution in [0.15, 0.2) is 36.9 Å². The largest absolute Gasteiger partial charge is 0.370 e. The molecule has 2 rings (SSSR count). The normalized spacial score (nSPS) is 15.8. The minimum atomic E-state index is -0.0334. The summed E-state index contributed by atoms with van der Waals surface area (Å²) in [5, 5.41) is 0. The topological polar surface area (TPSA) is 54.8 Å². The number of hydrogen-bond acceptors (Lipinski definition) is 3. The van der Waals surface area contributed by atoms with Crippen molar-refractivity contribution in [3.8, 4) is 0 Å². The molecule has 1 aliphatic rings. The average molecular weight is 262 g/mol. The van der Waals surface area contributed by atoms with E-state index in [1.54, 1.807) is 0 Å². The molecule has 1 aliphatic heterocycles. The highest BCUT2D eigenvalue weighted by atomic mass is 16.5. The Hall–Kier alpha value is -1.85. The van der Waals surface area contributed by atoms with Gasteiger partial charge in [0.2, 0.25) is 0 Å². The van der Waals surface area contributed by atoms with E-state index in [-0.39, 0.29) is 5.91 Å². The number of carbonyl (C=O) groups is 1. The van der Waals surface area contributed by atoms with Gasteiger partial charge in [-0.3, -0.25) is 15.6 Å². The Balaban J connectivity index is 1.72. The first-order valence-electron chi connectivity index (χ1n) is 6.46. The molecule has 0 aliphatic carbocycles. The Morgan fingerprint density at radius 1 is 1.21 bits per heavy atom. The molecule has 0 atom stereocenters. The first-order chi connectivity index (χ1) is 9.25. The van der Waals surface area contributed by atoms with Gasteiger partial charge in [0, 0.05) is 0 Å². The number of carbonyl (C=O) groups excluding carboxylic acids is 1. The third-order valence-corrected chi connectivity index (χ3v) is 3.09. The van der Waals surface area contributed by atoms with E-state index in [4.69, 9.17) is 4.74 Å². The molecule has 19 heavy (non-hydrogen) atoms. The summed E-state index contributed by atoms with van der Waals surface area (Å²) in [5.41, 5.74) is 7.17. The van der Waals surface area contributed by atoms with Gasteiger partial charge in [0.05, 0.1) is 18.9 Å². The third kappa shape index (κ3) is 4.39. The van der Waals surface area contributed by atoms with Crippen molar-refractivity contribution in [1.82, 2.24) is 10.9 Å². The second-order valence-corrected chi connectivity index (χ2v) is 4.56. The van der Waals surface area contributed by atoms with Gasteiger partial charge < -0.3 is 9.64 Å². The van der Waals surface area contributed by atoms with Crippen molar-refractivity contribution < 1.29 is 14.4 Å². The van der Waals surface area contributed by atoms with Crippen molar-refractivity contribution >= 4 is 11.6 Å². The quantitative estimate of drug-likeness (QED) is 0.609. The van der Waals surface area contributed by atoms with Crippen LogP contribution < -0.4 is 15.8 Å². The molecule has 0 spiro atoms. The highest BCUT2D eigenvalue weighted by molar-refractivity contribution is 5.77. The van der Waals surface area contributed by atoms with Gasteiger partial charge in [0.1, 0.15) is 13.1 Å². The van der Waals surface area contributed by atoms with Gasteiger partial charge in [-0.05, 0) is 5.56 Å². The SMILES string of the molecule is C=C(NNC(=O)C[NH+]1CCOCC1)c1ccccc1. The van der Waals surface area contributed by atoms with E-state index in [1.807, 2.05) is 30.3 Å². The van der Waals surface area contributed by atoms with Gasteiger partial charge >= 0.3 is 0 Å². The van der Waals surface area contributed by atoms with Crippen molar-refractivity contribution in [3.05, 3.63) is 42.5 Å². The summed E-state index contributed by atoms with van der Waals surface area (Å²) in [6.07, 6.45) is 0. The summed E-state index contributed by atoms with van der Waals surface area (Å²) in [4.78, 5) is 13.0. The maximum atomic E-state index is 11.8. The summed E-state index contributed by atoms with van der Waals surface area (Å²) < 4.78 is 5.26. The molecule has 1 aromatic rings. The highest BCUT2D eigenvalue weighted by Crippen LogP contribution is 2.06. The lowest BCUT2D eigenvalue weighted by atomic mass is 10.2. The van der Waals surface area contributed by atoms with Crippen molar-refractivity contribution in [2.45, 2.75) is 0 Å². The van der Waals surface area contributed by atoms with E-state index >= 15 is 0 Å². The number of nitrogens with one attached hydrogen (secondary N) is 3. The number of hydrogen-bond donors (Lipinski definition) is 3. The van der Waals surface area contributed by atoms with Crippen molar-refractivity contribution in [3.63, 3.8) is 0 Å². The lowest BCUT2D eigenvalue weighted by Crippen LogP contribution is -3.15. The van der Waals surface area contributed by atoms with Crippen molar-refractivity contribution in [2.24, 2.45) is 0 Å². The van der Waals surface area contributed by atoms with Crippen LogP contribution in [0.3, 0.4) is 0 Å². The van der Waals surface area contributed by atoms with E-state index in [1.165, 1.54) is 4.90 Å². The van der Waals surface area contributed by atoms with E-state index in [2.05, 4.69) is 17.4 Å². The predicted molar refractivity (Wildman–Crippen MR) is 73.1 cm³/mol. The number of amides is 1. The molecule has 1 saturated heterocycles. The van der Waals surface area contributed by atoms with Crippen LogP contribution in [-0.2, 0) is 9.53 Å². The highest BCUT2D eigenvalue weighted by Gasteiger charge is 2.17. The molecule has 1 amide bonds. The monoisotopic (exact) mass is 262 g/mol. The van der Waals surface area contributed by atoms with Crippen LogP contribution >= 0.6 is 0 Å². The zero-order chi connectivity index (χ0) is 13.5. The second kappa shape index (κ2) is 6.92. The standard InChI is InChI=1S/C14H19N3O2/c1-12(13-5-3-2-4-6-13)15-16-14(18)11-17-7-9-19-10-8-17/h2-6,15H,1,7-11H2,(H,16,18)/p+1. The molecule has 0 aromatic heterocycles. The molecular formula is C14H20N3O2+. The molecular weight excluding hydrogens is 242 g/mol. The Morgan fingerprint density at radius 3 is 2.58 bits per heavy atom. The predicted octanol–water partition coefficient (Wildman–Crippen LogP) is -0.807. The van der Waals surface area contributed by atoms with Gasteiger partial charge in [0.15, 0.2) is 6.54 Å². The summed E-state index contributed by atoms with van der Waals surface area (Å²) in [7, 11) is 0. The van der Waals surface area contributed by atoms with Gasteiger partial charge in [-0.1, -0.05) is 36.9 Å². The number of quaternary nitrogens is 1. The second-order valence-electron chi connectivity index (χ2n) is 4.56. The van der Waals surface area contributed by atoms with Crippen LogP contribution in [0, 0.1) is 0 Å². The lowest BCUT2D eigenvalue weighted by molar-refractivity contribution is -0.900. The minimum Gasteiger partial charge on any atom is -0.370 e. The molecule has 1 fully saturated rings. The van der Waals surface area contributed by atoms with Crippen molar-refractivity contribution in [2.75, 3.05) is 32.8 Å². The number of hydrazine groups is 1. The average Bonchev–Trinajstić information content (AvgIpc) is 2.47. The Morgan fingerprint density at radius 2 is 1.89 bits per heavy atom. The van der Waals surface area contributed by atoms with Crippen molar-refractivity contribution in [1.29, 1.82) is 0 Å². The van der Waals surface area contributed by atoms with E-state index in [0.717, 1.165) is 31.9 Å². The number of benzene rings is 1. The summed E-state index contributed by atoms with van der Waals surface area (Å²) in [6.45, 7) is 7.57. The zero-order valence-electron chi connectivity index (χ0n) is 10.9. The van der Waals surface area contributed by atoms with Gasteiger partial charge in [0.25, 0.3) is 5.91 Å². The van der Waals surface area contributed by atoms with E-state index < -0.39 is 0 Å². The first-order valence-corrected chi connectivity index (χ1v) is 6.46. The van der Waals surface area contributed by atoms with Crippen LogP contribution in [0.2, 0.25) is 0 Å². The van der Waals surface area contributed by atoms with Gasteiger partial charge in [-0.15, -0.1) is 0 Å². The number of morpholine rings is 1. The number of rotatable bonds is 5. The van der Waals surface area contributed by atoms with Crippen LogP contribution in [0.25, 0.3) is 5.70 Å². The Kier molecular flexibility index (Phi) is 4.94. The first kappa shape index (κ1) is 13.6. The summed E-state index contributed by atoms with van der Waals surface area (Å²) in [5.74, 6) is -0.0334. The molecule has 3 N–H and O–H groups in total. The molecule has 0 radical (unpaired) electrons. The van der Waals surface area contributed by atoms with Gasteiger partial charge in [-0.25, -0.2) is 0 Å². The molecule has 0 saturated carbocycles. The molecule has 5 nitrogen and oxygen atoms in total. The molecule has 102 valence electrons. The Labute approximate surface area is 113 Å². The fourth-order valence-electron chi connectivity index (χ4n) is 1.96. The lowest BCUT2D eigenvalue weighted by Gasteiger charge is -2.23. The number of ether oxygens (including phenoxy) is 1. The van der Waals surface area contributed by atoms with E-state index in [9.17, 15) is 4.79 Å². The molecule has 0 bridgehead atoms. The molecule has 1 aromatic carbocycles. The van der Waals surface area contributed by atoms with Crippen LogP contribution in [0.4, 0.5) is 0 Å². The fourth-order valence-corrected chi connectivity index (χ4v) is 1.96. The van der Waals surface area contributed by atoms with Gasteiger partial charge in [-0.2, -0.15) is 0 Å². The Bertz CT molecular complexity index is 428. The van der Waals surface area contributed by atoms with Crippen LogP contribution in [0.1, 0.15) is 5.56 Å². The minimum absolute atomic E-state index is 0.0334.